The molecule has 18 heavy (non-hydrogen) atoms. The van der Waals surface area contributed by atoms with Gasteiger partial charge in [-0.15, -0.1) is 0 Å². The van der Waals surface area contributed by atoms with Crippen LogP contribution >= 0.6 is 0 Å². The number of nitrogens with one attached hydrogen (secondary N) is 2. The van der Waals surface area contributed by atoms with Crippen LogP contribution < -0.4 is 10.6 Å². The van der Waals surface area contributed by atoms with E-state index in [-0.39, 0.29) is 6.10 Å². The summed E-state index contributed by atoms with van der Waals surface area (Å²) in [5.74, 6) is 0. The van der Waals surface area contributed by atoms with E-state index in [1.54, 1.807) is 0 Å². The standard InChI is InChI=1S/C10H20N2.C4H9NO/c1-2-4-10(5-3-1)12-8-6-11-7-9-12;6-4-1-2-5-3-4/h10-11H,1-9H2;4-6H,1-3H2. The summed E-state index contributed by atoms with van der Waals surface area (Å²) < 4.78 is 0. The second-order valence-electron chi connectivity index (χ2n) is 5.72. The lowest BCUT2D eigenvalue weighted by atomic mass is 9.94. The first-order chi connectivity index (χ1) is 8.86. The molecule has 0 aromatic heterocycles. The molecular weight excluding hydrogens is 226 g/mol. The van der Waals surface area contributed by atoms with Gasteiger partial charge in [-0.2, -0.15) is 0 Å². The summed E-state index contributed by atoms with van der Waals surface area (Å²) in [6.07, 6.45) is 8.19. The highest BCUT2D eigenvalue weighted by Gasteiger charge is 2.21. The summed E-state index contributed by atoms with van der Waals surface area (Å²) >= 11 is 0. The molecule has 0 amide bonds. The Morgan fingerprint density at radius 3 is 2.06 bits per heavy atom. The van der Waals surface area contributed by atoms with Crippen molar-refractivity contribution in [3.8, 4) is 0 Å². The molecule has 0 bridgehead atoms. The first-order valence-corrected chi connectivity index (χ1v) is 7.70. The van der Waals surface area contributed by atoms with Gasteiger partial charge in [0.05, 0.1) is 6.10 Å². The second-order valence-corrected chi connectivity index (χ2v) is 5.72. The fourth-order valence-corrected chi connectivity index (χ4v) is 3.13. The van der Waals surface area contributed by atoms with Gasteiger partial charge in [0.15, 0.2) is 0 Å². The smallest absolute Gasteiger partial charge is 0.0676 e. The van der Waals surface area contributed by atoms with E-state index in [1.807, 2.05) is 0 Å². The number of aliphatic hydroxyl groups excluding tert-OH is 1. The third-order valence-corrected chi connectivity index (χ3v) is 4.28. The van der Waals surface area contributed by atoms with Gasteiger partial charge < -0.3 is 15.7 Å². The van der Waals surface area contributed by atoms with Crippen LogP contribution in [-0.4, -0.2) is 61.4 Å². The molecule has 0 aromatic carbocycles. The number of hydrogen-bond acceptors (Lipinski definition) is 4. The highest BCUT2D eigenvalue weighted by Crippen LogP contribution is 2.22. The number of piperazine rings is 1. The largest absolute Gasteiger partial charge is 0.392 e. The lowest BCUT2D eigenvalue weighted by molar-refractivity contribution is 0.139. The third-order valence-electron chi connectivity index (χ3n) is 4.28. The van der Waals surface area contributed by atoms with Crippen LogP contribution in [0.1, 0.15) is 38.5 Å². The van der Waals surface area contributed by atoms with Crippen LogP contribution in [0.2, 0.25) is 0 Å². The van der Waals surface area contributed by atoms with Crippen molar-refractivity contribution in [3.05, 3.63) is 0 Å². The molecule has 106 valence electrons. The van der Waals surface area contributed by atoms with Gasteiger partial charge in [-0.25, -0.2) is 0 Å². The minimum absolute atomic E-state index is 0.0648. The molecule has 1 saturated carbocycles. The van der Waals surface area contributed by atoms with Crippen LogP contribution in [0, 0.1) is 0 Å². The van der Waals surface area contributed by atoms with E-state index in [4.69, 9.17) is 5.11 Å². The summed E-state index contributed by atoms with van der Waals surface area (Å²) in [4.78, 5) is 2.69. The van der Waals surface area contributed by atoms with Crippen LogP contribution in [0.4, 0.5) is 0 Å². The maximum atomic E-state index is 8.67. The lowest BCUT2D eigenvalue weighted by Crippen LogP contribution is -2.48. The van der Waals surface area contributed by atoms with E-state index < -0.39 is 0 Å². The molecular formula is C14H29N3O. The van der Waals surface area contributed by atoms with Crippen LogP contribution in [0.25, 0.3) is 0 Å². The Kier molecular flexibility index (Phi) is 6.41. The van der Waals surface area contributed by atoms with Gasteiger partial charge in [0, 0.05) is 38.8 Å². The Bertz CT molecular complexity index is 191. The fourth-order valence-electron chi connectivity index (χ4n) is 3.13. The highest BCUT2D eigenvalue weighted by molar-refractivity contribution is 4.79. The van der Waals surface area contributed by atoms with Crippen LogP contribution in [0.15, 0.2) is 0 Å². The Morgan fingerprint density at radius 2 is 1.56 bits per heavy atom. The lowest BCUT2D eigenvalue weighted by Gasteiger charge is -2.36. The monoisotopic (exact) mass is 255 g/mol. The van der Waals surface area contributed by atoms with Crippen molar-refractivity contribution in [3.63, 3.8) is 0 Å². The molecule has 3 fully saturated rings. The molecule has 3 rings (SSSR count). The predicted molar refractivity (Wildman–Crippen MR) is 74.8 cm³/mol. The maximum Gasteiger partial charge on any atom is 0.0676 e. The minimum Gasteiger partial charge on any atom is -0.392 e. The van der Waals surface area contributed by atoms with Gasteiger partial charge in [0.1, 0.15) is 0 Å². The van der Waals surface area contributed by atoms with Crippen molar-refractivity contribution in [1.82, 2.24) is 15.5 Å². The van der Waals surface area contributed by atoms with E-state index in [0.717, 1.165) is 25.6 Å². The van der Waals surface area contributed by atoms with Gasteiger partial charge in [-0.05, 0) is 25.8 Å². The third kappa shape index (κ3) is 4.84. The molecule has 1 atom stereocenters. The molecule has 1 unspecified atom stereocenters. The van der Waals surface area contributed by atoms with Gasteiger partial charge in [-0.1, -0.05) is 19.3 Å². The zero-order valence-corrected chi connectivity index (χ0v) is 11.5. The van der Waals surface area contributed by atoms with Gasteiger partial charge in [-0.3, -0.25) is 4.90 Å². The Labute approximate surface area is 111 Å². The van der Waals surface area contributed by atoms with Crippen molar-refractivity contribution < 1.29 is 5.11 Å². The molecule has 2 saturated heterocycles. The zero-order valence-electron chi connectivity index (χ0n) is 11.5. The molecule has 1 aliphatic carbocycles. The molecule has 2 heterocycles. The predicted octanol–water partition coefficient (Wildman–Crippen LogP) is 0.565. The average molecular weight is 255 g/mol. The van der Waals surface area contributed by atoms with Crippen LogP contribution in [-0.2, 0) is 0 Å². The molecule has 3 aliphatic rings. The Hall–Kier alpha value is -0.160. The summed E-state index contributed by atoms with van der Waals surface area (Å²) in [6, 6.07) is 0.931. The Balaban J connectivity index is 0.000000169. The summed E-state index contributed by atoms with van der Waals surface area (Å²) in [6.45, 7) is 6.75. The number of nitrogens with zero attached hydrogens (tertiary/aromatic N) is 1. The molecule has 4 heteroatoms. The van der Waals surface area contributed by atoms with Crippen molar-refractivity contribution in [2.75, 3.05) is 39.3 Å². The summed E-state index contributed by atoms with van der Waals surface area (Å²) in [7, 11) is 0. The van der Waals surface area contributed by atoms with E-state index in [2.05, 4.69) is 15.5 Å². The van der Waals surface area contributed by atoms with Crippen molar-refractivity contribution in [2.45, 2.75) is 50.7 Å². The second kappa shape index (κ2) is 8.10. The quantitative estimate of drug-likeness (QED) is 0.641. The molecule has 0 radical (unpaired) electrons. The number of hydrogen-bond donors (Lipinski definition) is 3. The first-order valence-electron chi connectivity index (χ1n) is 7.70. The number of rotatable bonds is 1. The van der Waals surface area contributed by atoms with Gasteiger partial charge >= 0.3 is 0 Å². The molecule has 4 nitrogen and oxygen atoms in total. The summed E-state index contributed by atoms with van der Waals surface area (Å²) in [5.41, 5.74) is 0. The van der Waals surface area contributed by atoms with Gasteiger partial charge in [0.2, 0.25) is 0 Å². The molecule has 0 aromatic rings. The molecule has 2 aliphatic heterocycles. The van der Waals surface area contributed by atoms with Crippen molar-refractivity contribution in [2.24, 2.45) is 0 Å². The normalized spacial score (nSPS) is 30.8. The average Bonchev–Trinajstić information content (AvgIpc) is 2.93. The fraction of sp³-hybridized carbons (Fsp3) is 1.00. The van der Waals surface area contributed by atoms with Crippen molar-refractivity contribution >= 4 is 0 Å². The SMILES string of the molecule is C1CCC(N2CCNCC2)CC1.OC1CCNC1. The van der Waals surface area contributed by atoms with E-state index >= 15 is 0 Å². The van der Waals surface area contributed by atoms with Gasteiger partial charge in [0.25, 0.3) is 0 Å². The minimum atomic E-state index is -0.0648. The van der Waals surface area contributed by atoms with Crippen LogP contribution in [0.5, 0.6) is 0 Å². The summed E-state index contributed by atoms with van der Waals surface area (Å²) in [5, 5.41) is 15.1. The zero-order chi connectivity index (χ0) is 12.6. The highest BCUT2D eigenvalue weighted by atomic mass is 16.3. The molecule has 3 N–H and O–H groups in total. The van der Waals surface area contributed by atoms with E-state index in [1.165, 1.54) is 58.3 Å². The first kappa shape index (κ1) is 14.3. The van der Waals surface area contributed by atoms with Crippen molar-refractivity contribution in [1.29, 1.82) is 0 Å². The topological polar surface area (TPSA) is 47.5 Å². The molecule has 0 spiro atoms. The number of β-amino-alcohol motifs (C(OH)–C–C–N with tert-alkyl or cyclic N) is 1. The maximum absolute atomic E-state index is 8.67. The van der Waals surface area contributed by atoms with E-state index in [9.17, 15) is 0 Å². The Morgan fingerprint density at radius 1 is 0.833 bits per heavy atom. The van der Waals surface area contributed by atoms with Crippen LogP contribution in [0.3, 0.4) is 0 Å². The number of aliphatic hydroxyl groups is 1. The van der Waals surface area contributed by atoms with E-state index in [0.29, 0.717) is 0 Å².